The van der Waals surface area contributed by atoms with Crippen LogP contribution in [0.5, 0.6) is 0 Å². The first-order valence-electron chi connectivity index (χ1n) is 16.3. The van der Waals surface area contributed by atoms with E-state index in [0.717, 1.165) is 45.8 Å². The van der Waals surface area contributed by atoms with Crippen molar-refractivity contribution < 1.29 is 32.4 Å². The molecule has 3 aromatic carbocycles. The van der Waals surface area contributed by atoms with Crippen LogP contribution in [0.3, 0.4) is 0 Å². The molecule has 0 bridgehead atoms. The number of sulfonamides is 1. The van der Waals surface area contributed by atoms with E-state index in [1.54, 1.807) is 12.1 Å². The minimum atomic E-state index is -4.23. The molecule has 1 aliphatic carbocycles. The van der Waals surface area contributed by atoms with Crippen molar-refractivity contribution in [3.05, 3.63) is 96.3 Å². The third kappa shape index (κ3) is 12.5. The fourth-order valence-corrected chi connectivity index (χ4v) is 9.71. The van der Waals surface area contributed by atoms with Crippen LogP contribution in [0, 0.1) is 0 Å². The summed E-state index contributed by atoms with van der Waals surface area (Å²) >= 11 is 0. The highest BCUT2D eigenvalue weighted by Crippen LogP contribution is 2.27. The Hall–Kier alpha value is -4.53. The van der Waals surface area contributed by atoms with E-state index in [1.165, 1.54) is 42.1 Å². The molecule has 288 valence electrons. The number of allylic oxidation sites excluding steroid dienone is 4. The lowest BCUT2D eigenvalue weighted by molar-refractivity contribution is -0.139. The average molecular weight is 815 g/mol. The van der Waals surface area contributed by atoms with Crippen LogP contribution in [0.25, 0.3) is 0 Å². The van der Waals surface area contributed by atoms with Crippen molar-refractivity contribution in [2.75, 3.05) is 44.6 Å². The first-order valence-corrected chi connectivity index (χ1v) is 22.0. The van der Waals surface area contributed by atoms with Gasteiger partial charge in [-0.3, -0.25) is 9.59 Å². The van der Waals surface area contributed by atoms with Gasteiger partial charge in [0.15, 0.2) is 0 Å². The van der Waals surface area contributed by atoms with Gasteiger partial charge in [-0.1, -0.05) is 21.6 Å². The van der Waals surface area contributed by atoms with Crippen LogP contribution in [0.1, 0.15) is 12.8 Å². The number of anilines is 1. The van der Waals surface area contributed by atoms with Crippen LogP contribution in [0.15, 0.2) is 127 Å². The second-order valence-electron chi connectivity index (χ2n) is 12.3. The second-order valence-corrected chi connectivity index (χ2v) is 18.6. The Morgan fingerprint density at radius 1 is 0.685 bits per heavy atom. The maximum Gasteiger partial charge on any atom is 0.322 e. The summed E-state index contributed by atoms with van der Waals surface area (Å²) in [5, 5.41) is 36.3. The molecule has 19 heteroatoms. The Balaban J connectivity index is 1.28. The lowest BCUT2D eigenvalue weighted by atomic mass is 10.1. The highest BCUT2D eigenvalue weighted by atomic mass is 33.1. The van der Waals surface area contributed by atoms with E-state index in [2.05, 4.69) is 35.8 Å². The van der Waals surface area contributed by atoms with Crippen LogP contribution in [0.2, 0.25) is 0 Å². The lowest BCUT2D eigenvalue weighted by Gasteiger charge is -2.19. The number of carbonyl (C=O) groups is 2. The molecule has 0 heterocycles. The molecule has 0 saturated carbocycles. The number of carboxylic acids is 2. The maximum atomic E-state index is 13.4. The van der Waals surface area contributed by atoms with Gasteiger partial charge >= 0.3 is 11.9 Å². The number of hydrogen-bond acceptors (Lipinski definition) is 13. The third-order valence-electron chi connectivity index (χ3n) is 7.76. The largest absolute Gasteiger partial charge is 0.480 e. The zero-order chi connectivity index (χ0) is 39.5. The van der Waals surface area contributed by atoms with Gasteiger partial charge in [0.2, 0.25) is 10.0 Å². The zero-order valence-electron chi connectivity index (χ0n) is 30.0. The molecule has 0 aliphatic heterocycles. The summed E-state index contributed by atoms with van der Waals surface area (Å²) in [5.41, 5.74) is 4.54. The van der Waals surface area contributed by atoms with Crippen LogP contribution < -0.4 is 14.3 Å². The van der Waals surface area contributed by atoms with Gasteiger partial charge in [-0.25, -0.2) is 17.3 Å². The fourth-order valence-electron chi connectivity index (χ4n) is 4.65. The SMILES string of the molecule is C=S(=O)(NC(CSSCC(NS(=O)(=O)c1ccc(N=NC2=CC=C(N(C)C)CC2)cc1)C(=O)O)C(=O)O)c1ccc(N=Nc2ccc(N(C)C)cc2)cc1. The van der Waals surface area contributed by atoms with Crippen molar-refractivity contribution in [1.29, 1.82) is 0 Å². The predicted octanol–water partition coefficient (Wildman–Crippen LogP) is 6.22. The fraction of sp³-hybridized carbons (Fsp3) is 0.286. The predicted molar refractivity (Wildman–Crippen MR) is 216 cm³/mol. The number of hydrogen-bond donors (Lipinski definition) is 4. The Labute approximate surface area is 323 Å². The summed E-state index contributed by atoms with van der Waals surface area (Å²) in [5.74, 6) is 0.635. The molecule has 3 unspecified atom stereocenters. The van der Waals surface area contributed by atoms with Crippen LogP contribution in [-0.4, -0.2) is 97.3 Å². The maximum absolute atomic E-state index is 13.4. The Bertz CT molecular complexity index is 2120. The summed E-state index contributed by atoms with van der Waals surface area (Å²) in [6.07, 6.45) is 5.41. The summed E-state index contributed by atoms with van der Waals surface area (Å²) in [6, 6.07) is 16.4. The normalized spacial score (nSPS) is 15.6. The Kier molecular flexibility index (Phi) is 15.0. The quantitative estimate of drug-likeness (QED) is 0.0463. The van der Waals surface area contributed by atoms with Crippen molar-refractivity contribution >= 4 is 81.9 Å². The molecular formula is C35H42N8O7S4. The van der Waals surface area contributed by atoms with Gasteiger partial charge < -0.3 is 20.0 Å². The lowest BCUT2D eigenvalue weighted by Crippen LogP contribution is -2.43. The number of azo groups is 2. The van der Waals surface area contributed by atoms with Gasteiger partial charge in [0.1, 0.15) is 12.1 Å². The minimum absolute atomic E-state index is 0.134. The molecule has 0 spiro atoms. The summed E-state index contributed by atoms with van der Waals surface area (Å²) in [7, 11) is 2.23. The first kappa shape index (κ1) is 42.2. The molecule has 3 aromatic rings. The second kappa shape index (κ2) is 19.2. The number of nitrogens with one attached hydrogen (secondary N) is 2. The van der Waals surface area contributed by atoms with Gasteiger partial charge in [0.25, 0.3) is 0 Å². The number of aliphatic carboxylic acids is 2. The molecule has 0 saturated heterocycles. The van der Waals surface area contributed by atoms with Gasteiger partial charge in [0.05, 0.1) is 37.4 Å². The van der Waals surface area contributed by atoms with E-state index < -0.39 is 43.8 Å². The van der Waals surface area contributed by atoms with E-state index in [0.29, 0.717) is 17.1 Å². The molecule has 15 nitrogen and oxygen atoms in total. The molecule has 1 aliphatic rings. The molecular weight excluding hydrogens is 773 g/mol. The van der Waals surface area contributed by atoms with Crippen molar-refractivity contribution in [3.8, 4) is 0 Å². The van der Waals surface area contributed by atoms with Crippen molar-refractivity contribution in [1.82, 2.24) is 14.3 Å². The number of rotatable bonds is 19. The van der Waals surface area contributed by atoms with E-state index in [-0.39, 0.29) is 21.3 Å². The number of nitrogens with zero attached hydrogens (tertiary/aromatic N) is 6. The highest BCUT2D eigenvalue weighted by Gasteiger charge is 2.27. The molecule has 0 aromatic heterocycles. The molecule has 0 radical (unpaired) electrons. The monoisotopic (exact) mass is 814 g/mol. The number of benzene rings is 3. The summed E-state index contributed by atoms with van der Waals surface area (Å²) < 4.78 is 44.2. The van der Waals surface area contributed by atoms with E-state index >= 15 is 0 Å². The van der Waals surface area contributed by atoms with Crippen LogP contribution in [0.4, 0.5) is 22.7 Å². The van der Waals surface area contributed by atoms with Gasteiger partial charge in [-0.15, -0.1) is 0 Å². The van der Waals surface area contributed by atoms with Crippen molar-refractivity contribution in [2.45, 2.75) is 34.7 Å². The Morgan fingerprint density at radius 2 is 1.15 bits per heavy atom. The molecule has 54 heavy (non-hydrogen) atoms. The smallest absolute Gasteiger partial charge is 0.322 e. The zero-order valence-corrected chi connectivity index (χ0v) is 33.3. The molecule has 0 fully saturated rings. The standard InChI is InChI=1S/C35H42N8O7S4/c1-42(2)28-14-6-24(7-15-28)36-38-26-10-18-30(19-11-26)53(5,48)40-32(34(44)45)22-51-52-23-33(35(46)47)41-54(49,50)31-20-12-27(13-21-31)39-37-25-8-16-29(17-9-25)43(3)4/h6-8,10-16,18-21,32-33,41H,5,9,17,22-23H2,1-4H3,(H,40,48)(H,44,45)(H,46,47). The Morgan fingerprint density at radius 3 is 1.59 bits per heavy atom. The molecule has 0 amide bonds. The van der Waals surface area contributed by atoms with E-state index in [9.17, 15) is 32.4 Å². The third-order valence-corrected chi connectivity index (χ3v) is 13.4. The van der Waals surface area contributed by atoms with Gasteiger partial charge in [-0.05, 0) is 104 Å². The molecule has 3 atom stereocenters. The first-order chi connectivity index (χ1) is 25.5. The van der Waals surface area contributed by atoms with Crippen molar-refractivity contribution in [3.63, 3.8) is 0 Å². The highest BCUT2D eigenvalue weighted by molar-refractivity contribution is 8.76. The van der Waals surface area contributed by atoms with Gasteiger partial charge in [0, 0.05) is 56.0 Å². The van der Waals surface area contributed by atoms with E-state index in [1.807, 2.05) is 74.4 Å². The summed E-state index contributed by atoms with van der Waals surface area (Å²) in [6.45, 7) is 0. The average Bonchev–Trinajstić information content (AvgIpc) is 3.14. The van der Waals surface area contributed by atoms with Crippen molar-refractivity contribution in [2.24, 2.45) is 20.5 Å². The van der Waals surface area contributed by atoms with Crippen LogP contribution >= 0.6 is 21.6 Å². The number of carboxylic acid groups (broad SMARTS) is 2. The summed E-state index contributed by atoms with van der Waals surface area (Å²) in [4.78, 5) is 28.1. The van der Waals surface area contributed by atoms with Crippen LogP contribution in [-0.2, 0) is 29.3 Å². The molecule has 4 N–H and O–H groups in total. The van der Waals surface area contributed by atoms with E-state index in [4.69, 9.17) is 0 Å². The topological polar surface area (TPSA) is 206 Å². The van der Waals surface area contributed by atoms with Gasteiger partial charge in [-0.2, -0.15) is 25.2 Å². The molecule has 4 rings (SSSR count). The minimum Gasteiger partial charge on any atom is -0.480 e.